The third-order valence-corrected chi connectivity index (χ3v) is 3.35. The van der Waals surface area contributed by atoms with Crippen LogP contribution in [0.5, 0.6) is 11.6 Å². The molecule has 0 saturated carbocycles. The molecule has 21 heavy (non-hydrogen) atoms. The van der Waals surface area contributed by atoms with Crippen molar-refractivity contribution in [1.29, 1.82) is 0 Å². The first-order chi connectivity index (χ1) is 10.3. The van der Waals surface area contributed by atoms with Gasteiger partial charge in [0.25, 0.3) is 0 Å². The first-order valence-corrected chi connectivity index (χ1v) is 6.72. The van der Waals surface area contributed by atoms with Gasteiger partial charge in [-0.05, 0) is 18.2 Å². The van der Waals surface area contributed by atoms with E-state index in [1.165, 1.54) is 0 Å². The third-order valence-electron chi connectivity index (χ3n) is 3.35. The molecule has 4 nitrogen and oxygen atoms in total. The van der Waals surface area contributed by atoms with Crippen molar-refractivity contribution in [2.45, 2.75) is 6.54 Å². The molecule has 0 amide bonds. The van der Waals surface area contributed by atoms with E-state index in [-0.39, 0.29) is 5.75 Å². The van der Waals surface area contributed by atoms with Gasteiger partial charge in [-0.15, -0.1) is 0 Å². The number of benzene rings is 2. The van der Waals surface area contributed by atoms with Crippen LogP contribution in [0.2, 0.25) is 0 Å². The second-order valence-corrected chi connectivity index (χ2v) is 4.70. The number of fused-ring (bicyclic) bond motifs is 1. The summed E-state index contributed by atoms with van der Waals surface area (Å²) in [4.78, 5) is 4.37. The maximum absolute atomic E-state index is 9.89. The van der Waals surface area contributed by atoms with Gasteiger partial charge in [-0.2, -0.15) is 0 Å². The van der Waals surface area contributed by atoms with Gasteiger partial charge in [0.1, 0.15) is 5.75 Å². The quantitative estimate of drug-likeness (QED) is 0.767. The molecule has 0 aliphatic heterocycles. The van der Waals surface area contributed by atoms with E-state index < -0.39 is 0 Å². The molecule has 0 aliphatic carbocycles. The topological polar surface area (TPSA) is 54.4 Å². The molecule has 1 heterocycles. The molecular weight excluding hydrogens is 264 g/mol. The summed E-state index contributed by atoms with van der Waals surface area (Å²) in [7, 11) is 1.60. The van der Waals surface area contributed by atoms with Crippen LogP contribution < -0.4 is 10.1 Å². The van der Waals surface area contributed by atoms with Crippen LogP contribution in [0.4, 0.5) is 5.69 Å². The summed E-state index contributed by atoms with van der Waals surface area (Å²) in [5.74, 6) is 0.889. The Bertz CT molecular complexity index is 772. The molecule has 2 aromatic carbocycles. The van der Waals surface area contributed by atoms with E-state index in [9.17, 15) is 5.11 Å². The Kier molecular flexibility index (Phi) is 3.60. The van der Waals surface area contributed by atoms with Gasteiger partial charge in [-0.3, -0.25) is 0 Å². The molecule has 4 heteroatoms. The van der Waals surface area contributed by atoms with E-state index in [1.807, 2.05) is 48.5 Å². The lowest BCUT2D eigenvalue weighted by Gasteiger charge is -2.10. The number of anilines is 1. The number of nitrogens with zero attached hydrogens (tertiary/aromatic N) is 1. The Morgan fingerprint density at radius 1 is 1.00 bits per heavy atom. The minimum absolute atomic E-state index is 0.288. The van der Waals surface area contributed by atoms with Crippen molar-refractivity contribution in [2.24, 2.45) is 0 Å². The number of aromatic nitrogens is 1. The Labute approximate surface area is 123 Å². The van der Waals surface area contributed by atoms with Gasteiger partial charge in [-0.1, -0.05) is 30.3 Å². The fourth-order valence-corrected chi connectivity index (χ4v) is 2.30. The number of hydrogen-bond acceptors (Lipinski definition) is 4. The highest BCUT2D eigenvalue weighted by atomic mass is 16.5. The number of phenolic OH excluding ortho intramolecular Hbond substituents is 1. The molecule has 0 unspecified atom stereocenters. The molecule has 0 radical (unpaired) electrons. The van der Waals surface area contributed by atoms with Gasteiger partial charge in [-0.25, -0.2) is 4.98 Å². The number of hydrogen-bond donors (Lipinski definition) is 2. The minimum Gasteiger partial charge on any atom is -0.507 e. The van der Waals surface area contributed by atoms with Crippen LogP contribution in [0.3, 0.4) is 0 Å². The highest BCUT2D eigenvalue weighted by Crippen LogP contribution is 2.29. The molecule has 0 aliphatic rings. The van der Waals surface area contributed by atoms with Crippen molar-refractivity contribution in [3.63, 3.8) is 0 Å². The molecular formula is C17H16N2O2. The van der Waals surface area contributed by atoms with Crippen LogP contribution in [0.15, 0.2) is 54.6 Å². The van der Waals surface area contributed by atoms with Gasteiger partial charge < -0.3 is 15.2 Å². The standard InChI is InChI=1S/C17H16N2O2/c1-21-17-10-2-5-12(19-17)11-18-15-8-3-7-14-13(15)6-4-9-16(14)20/h2-10,18,20H,11H2,1H3. The average molecular weight is 280 g/mol. The second kappa shape index (κ2) is 5.71. The summed E-state index contributed by atoms with van der Waals surface area (Å²) in [5, 5.41) is 15.1. The predicted octanol–water partition coefficient (Wildman–Crippen LogP) is 3.56. The fraction of sp³-hybridized carbons (Fsp3) is 0.118. The van der Waals surface area contributed by atoms with Gasteiger partial charge in [0.2, 0.25) is 5.88 Å². The summed E-state index contributed by atoms with van der Waals surface area (Å²) in [5.41, 5.74) is 1.86. The van der Waals surface area contributed by atoms with E-state index >= 15 is 0 Å². The summed E-state index contributed by atoms with van der Waals surface area (Å²) in [6, 6.07) is 17.0. The molecule has 3 rings (SSSR count). The van der Waals surface area contributed by atoms with Crippen LogP contribution in [0.1, 0.15) is 5.69 Å². The lowest BCUT2D eigenvalue weighted by Crippen LogP contribution is -2.02. The largest absolute Gasteiger partial charge is 0.507 e. The predicted molar refractivity (Wildman–Crippen MR) is 83.7 cm³/mol. The monoisotopic (exact) mass is 280 g/mol. The maximum atomic E-state index is 9.89. The van der Waals surface area contributed by atoms with E-state index in [1.54, 1.807) is 13.2 Å². The van der Waals surface area contributed by atoms with Gasteiger partial charge in [0, 0.05) is 22.5 Å². The number of rotatable bonds is 4. The molecule has 0 spiro atoms. The fourth-order valence-electron chi connectivity index (χ4n) is 2.30. The van der Waals surface area contributed by atoms with Crippen molar-refractivity contribution < 1.29 is 9.84 Å². The minimum atomic E-state index is 0.288. The first kappa shape index (κ1) is 13.2. The van der Waals surface area contributed by atoms with Gasteiger partial charge in [0.05, 0.1) is 19.3 Å². The maximum Gasteiger partial charge on any atom is 0.213 e. The number of aromatic hydroxyl groups is 1. The second-order valence-electron chi connectivity index (χ2n) is 4.70. The highest BCUT2D eigenvalue weighted by molar-refractivity contribution is 5.97. The SMILES string of the molecule is COc1cccc(CNc2cccc3c(O)cccc23)n1. The van der Waals surface area contributed by atoms with E-state index in [0.717, 1.165) is 22.2 Å². The third kappa shape index (κ3) is 2.74. The van der Waals surface area contributed by atoms with Crippen LogP contribution >= 0.6 is 0 Å². The lowest BCUT2D eigenvalue weighted by molar-refractivity contribution is 0.396. The Hall–Kier alpha value is -2.75. The Morgan fingerprint density at radius 2 is 1.76 bits per heavy atom. The zero-order valence-electron chi connectivity index (χ0n) is 11.7. The highest BCUT2D eigenvalue weighted by Gasteiger charge is 2.04. The van der Waals surface area contributed by atoms with Crippen molar-refractivity contribution in [3.8, 4) is 11.6 Å². The Balaban J connectivity index is 1.87. The van der Waals surface area contributed by atoms with Crippen molar-refractivity contribution >= 4 is 16.5 Å². The molecule has 3 aromatic rings. The van der Waals surface area contributed by atoms with Crippen molar-refractivity contribution in [3.05, 3.63) is 60.3 Å². The van der Waals surface area contributed by atoms with E-state index in [4.69, 9.17) is 4.74 Å². The first-order valence-electron chi connectivity index (χ1n) is 6.72. The summed E-state index contributed by atoms with van der Waals surface area (Å²) in [6.45, 7) is 0.589. The molecule has 2 N–H and O–H groups in total. The van der Waals surface area contributed by atoms with Crippen LogP contribution in [0.25, 0.3) is 10.8 Å². The van der Waals surface area contributed by atoms with Gasteiger partial charge >= 0.3 is 0 Å². The molecule has 0 atom stereocenters. The van der Waals surface area contributed by atoms with Crippen molar-refractivity contribution in [2.75, 3.05) is 12.4 Å². The Morgan fingerprint density at radius 3 is 2.62 bits per heavy atom. The number of methoxy groups -OCH3 is 1. The normalized spacial score (nSPS) is 10.5. The zero-order chi connectivity index (χ0) is 14.7. The van der Waals surface area contributed by atoms with Crippen molar-refractivity contribution in [1.82, 2.24) is 4.98 Å². The zero-order valence-corrected chi connectivity index (χ0v) is 11.7. The molecule has 106 valence electrons. The lowest BCUT2D eigenvalue weighted by atomic mass is 10.1. The average Bonchev–Trinajstić information content (AvgIpc) is 2.53. The van der Waals surface area contributed by atoms with Crippen LogP contribution in [0, 0.1) is 0 Å². The van der Waals surface area contributed by atoms with Crippen LogP contribution in [-0.2, 0) is 6.54 Å². The molecule has 1 aromatic heterocycles. The molecule has 0 saturated heterocycles. The van der Waals surface area contributed by atoms with Gasteiger partial charge in [0.15, 0.2) is 0 Å². The van der Waals surface area contributed by atoms with E-state index in [2.05, 4.69) is 10.3 Å². The number of nitrogens with one attached hydrogen (secondary N) is 1. The molecule has 0 bridgehead atoms. The number of ether oxygens (including phenoxy) is 1. The summed E-state index contributed by atoms with van der Waals surface area (Å²) in [6.07, 6.45) is 0. The number of pyridine rings is 1. The number of phenols is 1. The van der Waals surface area contributed by atoms with Crippen LogP contribution in [-0.4, -0.2) is 17.2 Å². The smallest absolute Gasteiger partial charge is 0.213 e. The van der Waals surface area contributed by atoms with E-state index in [0.29, 0.717) is 12.4 Å². The summed E-state index contributed by atoms with van der Waals surface area (Å²) < 4.78 is 5.12. The molecule has 0 fully saturated rings. The summed E-state index contributed by atoms with van der Waals surface area (Å²) >= 11 is 0.